The second-order valence-corrected chi connectivity index (χ2v) is 10.7. The van der Waals surface area contributed by atoms with Crippen molar-refractivity contribution in [3.63, 3.8) is 0 Å². The number of rotatable bonds is 1. The Morgan fingerprint density at radius 2 is 1.59 bits per heavy atom. The van der Waals surface area contributed by atoms with Gasteiger partial charge in [0.05, 0.1) is 5.52 Å². The van der Waals surface area contributed by atoms with Gasteiger partial charge < -0.3 is 9.80 Å². The van der Waals surface area contributed by atoms with Gasteiger partial charge in [-0.2, -0.15) is 0 Å². The second-order valence-electron chi connectivity index (χ2n) is 10.7. The number of aromatic nitrogens is 1. The SMILES string of the molecule is Cc1ccc2cc3c(cc2n1)-c1cc(N2C=CN(C)[C@@H]2C)c(C)cc1C1(C)CCCC31C. The summed E-state index contributed by atoms with van der Waals surface area (Å²) in [5.74, 6) is 0. The minimum atomic E-state index is 0.156. The summed E-state index contributed by atoms with van der Waals surface area (Å²) in [4.78, 5) is 9.57. The van der Waals surface area contributed by atoms with Gasteiger partial charge in [0, 0.05) is 47.0 Å². The van der Waals surface area contributed by atoms with Crippen LogP contribution in [0, 0.1) is 13.8 Å². The van der Waals surface area contributed by atoms with E-state index in [1.807, 2.05) is 0 Å². The third-order valence-corrected chi connectivity index (χ3v) is 9.09. The van der Waals surface area contributed by atoms with E-state index in [0.29, 0.717) is 6.17 Å². The minimum absolute atomic E-state index is 0.156. The minimum Gasteiger partial charge on any atom is -0.359 e. The Balaban J connectivity index is 1.66. The highest BCUT2D eigenvalue weighted by atomic mass is 15.4. The van der Waals surface area contributed by atoms with E-state index < -0.39 is 0 Å². The number of hydrogen-bond acceptors (Lipinski definition) is 3. The summed E-state index contributed by atoms with van der Waals surface area (Å²) in [6.07, 6.45) is 8.50. The summed E-state index contributed by atoms with van der Waals surface area (Å²) in [5.41, 5.74) is 11.0. The zero-order valence-corrected chi connectivity index (χ0v) is 20.2. The molecule has 2 unspecified atom stereocenters. The van der Waals surface area contributed by atoms with E-state index in [1.54, 1.807) is 0 Å². The average Bonchev–Trinajstić information content (AvgIpc) is 3.26. The maximum atomic E-state index is 4.89. The summed E-state index contributed by atoms with van der Waals surface area (Å²) in [6, 6.07) is 14.2. The fourth-order valence-electron chi connectivity index (χ4n) is 6.72. The van der Waals surface area contributed by atoms with Crippen molar-refractivity contribution in [1.29, 1.82) is 0 Å². The fraction of sp³-hybridized carbons (Fsp3) is 0.414. The van der Waals surface area contributed by atoms with Crippen LogP contribution in [0.15, 0.2) is 48.8 Å². The van der Waals surface area contributed by atoms with E-state index in [4.69, 9.17) is 4.98 Å². The Labute approximate surface area is 191 Å². The van der Waals surface area contributed by atoms with Crippen molar-refractivity contribution in [2.45, 2.75) is 70.9 Å². The van der Waals surface area contributed by atoms with Gasteiger partial charge in [-0.1, -0.05) is 32.4 Å². The molecule has 0 amide bonds. The lowest BCUT2D eigenvalue weighted by atomic mass is 9.55. The third-order valence-electron chi connectivity index (χ3n) is 9.09. The molecule has 164 valence electrons. The molecule has 3 atom stereocenters. The van der Waals surface area contributed by atoms with Crippen LogP contribution >= 0.6 is 0 Å². The number of anilines is 1. The molecule has 2 aliphatic carbocycles. The molecule has 0 saturated heterocycles. The van der Waals surface area contributed by atoms with Gasteiger partial charge in [0.2, 0.25) is 0 Å². The summed E-state index contributed by atoms with van der Waals surface area (Å²) < 4.78 is 0. The normalized spacial score (nSPS) is 28.2. The number of benzene rings is 2. The number of nitrogens with zero attached hydrogens (tertiary/aromatic N) is 3. The van der Waals surface area contributed by atoms with Crippen molar-refractivity contribution in [2.75, 3.05) is 11.9 Å². The van der Waals surface area contributed by atoms with Crippen LogP contribution in [0.4, 0.5) is 5.69 Å². The number of aryl methyl sites for hydroxylation is 2. The van der Waals surface area contributed by atoms with E-state index in [2.05, 4.69) is 100 Å². The van der Waals surface area contributed by atoms with Gasteiger partial charge in [0.1, 0.15) is 6.17 Å². The molecule has 2 aromatic carbocycles. The molecule has 3 aromatic rings. The van der Waals surface area contributed by atoms with Crippen molar-refractivity contribution >= 4 is 16.6 Å². The summed E-state index contributed by atoms with van der Waals surface area (Å²) >= 11 is 0. The Morgan fingerprint density at radius 1 is 0.906 bits per heavy atom. The number of hydrogen-bond donors (Lipinski definition) is 0. The first kappa shape index (κ1) is 19.8. The Hall–Kier alpha value is -2.81. The van der Waals surface area contributed by atoms with Gasteiger partial charge in [-0.15, -0.1) is 0 Å². The highest BCUT2D eigenvalue weighted by Crippen LogP contribution is 2.62. The van der Waals surface area contributed by atoms with E-state index >= 15 is 0 Å². The Kier molecular flexibility index (Phi) is 3.95. The molecular weight excluding hydrogens is 390 g/mol. The molecule has 0 spiro atoms. The van der Waals surface area contributed by atoms with Crippen molar-refractivity contribution in [1.82, 2.24) is 9.88 Å². The molecule has 1 aliphatic heterocycles. The van der Waals surface area contributed by atoms with E-state index in [-0.39, 0.29) is 10.8 Å². The highest BCUT2D eigenvalue weighted by molar-refractivity contribution is 5.91. The van der Waals surface area contributed by atoms with Crippen LogP contribution in [-0.4, -0.2) is 23.1 Å². The molecular formula is C29H33N3. The van der Waals surface area contributed by atoms with Crippen molar-refractivity contribution < 1.29 is 0 Å². The quantitative estimate of drug-likeness (QED) is 0.429. The predicted octanol–water partition coefficient (Wildman–Crippen LogP) is 6.80. The standard InChI is InChI=1S/C29H33N3/c1-18-14-24-23(17-27(18)32-13-12-31(6)20(32)3)22-16-26-21(9-8-19(2)30-26)15-25(22)29(5)11-7-10-28(24,29)4/h8-9,12-17,20H,7,10-11H2,1-6H3/t20-,28?,29?/m0/s1. The summed E-state index contributed by atoms with van der Waals surface area (Å²) in [5, 5.41) is 1.26. The second kappa shape index (κ2) is 6.37. The number of fused-ring (bicyclic) bond motifs is 7. The first-order valence-corrected chi connectivity index (χ1v) is 12.0. The summed E-state index contributed by atoms with van der Waals surface area (Å²) in [7, 11) is 2.15. The molecule has 6 rings (SSSR count). The molecule has 0 bridgehead atoms. The monoisotopic (exact) mass is 423 g/mol. The van der Waals surface area contributed by atoms with Gasteiger partial charge in [-0.3, -0.25) is 4.98 Å². The average molecular weight is 424 g/mol. The maximum absolute atomic E-state index is 4.89. The third kappa shape index (κ3) is 2.40. The van der Waals surface area contributed by atoms with Gasteiger partial charge in [0.15, 0.2) is 0 Å². The van der Waals surface area contributed by atoms with Gasteiger partial charge >= 0.3 is 0 Å². The maximum Gasteiger partial charge on any atom is 0.102 e. The first-order chi connectivity index (χ1) is 15.2. The zero-order chi connectivity index (χ0) is 22.4. The van der Waals surface area contributed by atoms with Crippen LogP contribution in [-0.2, 0) is 10.8 Å². The molecule has 1 saturated carbocycles. The van der Waals surface area contributed by atoms with Crippen LogP contribution < -0.4 is 4.90 Å². The molecule has 3 heteroatoms. The van der Waals surface area contributed by atoms with Gasteiger partial charge in [0.25, 0.3) is 0 Å². The lowest BCUT2D eigenvalue weighted by Gasteiger charge is -2.48. The summed E-state index contributed by atoms with van der Waals surface area (Å²) in [6.45, 7) is 11.7. The van der Waals surface area contributed by atoms with Crippen molar-refractivity contribution in [3.05, 3.63) is 71.2 Å². The molecule has 3 aliphatic rings. The number of pyridine rings is 1. The molecule has 0 N–H and O–H groups in total. The van der Waals surface area contributed by atoms with Crippen molar-refractivity contribution in [2.24, 2.45) is 0 Å². The van der Waals surface area contributed by atoms with E-state index in [0.717, 1.165) is 11.2 Å². The molecule has 3 nitrogen and oxygen atoms in total. The van der Waals surface area contributed by atoms with Crippen molar-refractivity contribution in [3.8, 4) is 11.1 Å². The molecule has 0 radical (unpaired) electrons. The zero-order valence-electron chi connectivity index (χ0n) is 20.2. The Morgan fingerprint density at radius 3 is 2.28 bits per heavy atom. The molecule has 2 heterocycles. The molecule has 32 heavy (non-hydrogen) atoms. The Bertz CT molecular complexity index is 1310. The fourth-order valence-corrected chi connectivity index (χ4v) is 6.72. The van der Waals surface area contributed by atoms with E-state index in [9.17, 15) is 0 Å². The highest BCUT2D eigenvalue weighted by Gasteiger charge is 2.54. The molecule has 1 aromatic heterocycles. The lowest BCUT2D eigenvalue weighted by Crippen LogP contribution is -2.43. The largest absolute Gasteiger partial charge is 0.359 e. The van der Waals surface area contributed by atoms with Crippen LogP contribution in [0.5, 0.6) is 0 Å². The first-order valence-electron chi connectivity index (χ1n) is 12.0. The van der Waals surface area contributed by atoms with Crippen LogP contribution in [0.3, 0.4) is 0 Å². The smallest absolute Gasteiger partial charge is 0.102 e. The predicted molar refractivity (Wildman–Crippen MR) is 134 cm³/mol. The van der Waals surface area contributed by atoms with Crippen LogP contribution in [0.2, 0.25) is 0 Å². The topological polar surface area (TPSA) is 19.4 Å². The van der Waals surface area contributed by atoms with Crippen LogP contribution in [0.1, 0.15) is 62.4 Å². The van der Waals surface area contributed by atoms with E-state index in [1.165, 1.54) is 58.2 Å². The van der Waals surface area contributed by atoms with Gasteiger partial charge in [-0.25, -0.2) is 0 Å². The lowest BCUT2D eigenvalue weighted by molar-refractivity contribution is 0.299. The molecule has 1 fully saturated rings. The van der Waals surface area contributed by atoms with Crippen LogP contribution in [0.25, 0.3) is 22.0 Å². The van der Waals surface area contributed by atoms with Gasteiger partial charge in [-0.05, 0) is 85.7 Å².